The third-order valence-electron chi connectivity index (χ3n) is 2.67. The number of nitrogens with zero attached hydrogens (tertiary/aromatic N) is 4. The molecule has 0 aliphatic rings. The zero-order valence-electron chi connectivity index (χ0n) is 10.4. The summed E-state index contributed by atoms with van der Waals surface area (Å²) in [6.45, 7) is 0.222. The van der Waals surface area contributed by atoms with Crippen molar-refractivity contribution in [3.63, 3.8) is 0 Å². The first-order chi connectivity index (χ1) is 9.41. The van der Waals surface area contributed by atoms with E-state index >= 15 is 0 Å². The van der Waals surface area contributed by atoms with Gasteiger partial charge in [0.2, 0.25) is 0 Å². The molecule has 0 saturated carbocycles. The molecule has 104 valence electrons. The molecule has 8 heteroatoms. The van der Waals surface area contributed by atoms with Crippen LogP contribution in [0.25, 0.3) is 0 Å². The van der Waals surface area contributed by atoms with E-state index < -0.39 is 11.9 Å². The SMILES string of the molecule is Cn1nccc1CNc1nc(C(F)(F)F)ccc1C#N. The molecular formula is C12H10F3N5. The lowest BCUT2D eigenvalue weighted by Crippen LogP contribution is -2.12. The first-order valence-electron chi connectivity index (χ1n) is 5.61. The van der Waals surface area contributed by atoms with Gasteiger partial charge in [-0.2, -0.15) is 23.5 Å². The Morgan fingerprint density at radius 1 is 1.35 bits per heavy atom. The van der Waals surface area contributed by atoms with Crippen LogP contribution in [-0.2, 0) is 19.8 Å². The van der Waals surface area contributed by atoms with E-state index in [0.717, 1.165) is 17.8 Å². The van der Waals surface area contributed by atoms with Gasteiger partial charge in [0.15, 0.2) is 0 Å². The second kappa shape index (κ2) is 5.21. The fourth-order valence-corrected chi connectivity index (χ4v) is 1.59. The van der Waals surface area contributed by atoms with Crippen LogP contribution < -0.4 is 5.32 Å². The van der Waals surface area contributed by atoms with Crippen molar-refractivity contribution in [2.24, 2.45) is 7.05 Å². The summed E-state index contributed by atoms with van der Waals surface area (Å²) in [5.41, 5.74) is -0.225. The highest BCUT2D eigenvalue weighted by molar-refractivity contribution is 5.52. The molecule has 0 aliphatic carbocycles. The minimum absolute atomic E-state index is 0.0557. The molecular weight excluding hydrogens is 271 g/mol. The Hall–Kier alpha value is -2.56. The summed E-state index contributed by atoms with van der Waals surface area (Å²) in [6, 6.07) is 5.40. The van der Waals surface area contributed by atoms with E-state index in [9.17, 15) is 13.2 Å². The molecule has 0 aliphatic heterocycles. The van der Waals surface area contributed by atoms with E-state index in [2.05, 4.69) is 15.4 Å². The van der Waals surface area contributed by atoms with Gasteiger partial charge in [0.1, 0.15) is 17.6 Å². The summed E-state index contributed by atoms with van der Waals surface area (Å²) in [7, 11) is 1.71. The van der Waals surface area contributed by atoms with Crippen LogP contribution in [0, 0.1) is 11.3 Å². The van der Waals surface area contributed by atoms with E-state index in [1.807, 2.05) is 0 Å². The topological polar surface area (TPSA) is 66.5 Å². The van der Waals surface area contributed by atoms with Crippen molar-refractivity contribution in [1.82, 2.24) is 14.8 Å². The Balaban J connectivity index is 2.26. The van der Waals surface area contributed by atoms with E-state index in [0.29, 0.717) is 0 Å². The van der Waals surface area contributed by atoms with Crippen LogP contribution in [0.1, 0.15) is 17.0 Å². The van der Waals surface area contributed by atoms with Crippen LogP contribution in [-0.4, -0.2) is 14.8 Å². The van der Waals surface area contributed by atoms with Gasteiger partial charge in [-0.1, -0.05) is 0 Å². The van der Waals surface area contributed by atoms with E-state index in [1.165, 1.54) is 0 Å². The number of aromatic nitrogens is 3. The van der Waals surface area contributed by atoms with Crippen molar-refractivity contribution in [3.05, 3.63) is 41.3 Å². The van der Waals surface area contributed by atoms with Gasteiger partial charge in [-0.15, -0.1) is 0 Å². The molecule has 2 rings (SSSR count). The molecule has 2 aromatic rings. The Morgan fingerprint density at radius 3 is 2.65 bits per heavy atom. The predicted octanol–water partition coefficient (Wildman–Crippen LogP) is 2.32. The Kier molecular flexibility index (Phi) is 3.61. The molecule has 0 atom stereocenters. The van der Waals surface area contributed by atoms with Crippen LogP contribution in [0.4, 0.5) is 19.0 Å². The van der Waals surface area contributed by atoms with Crippen LogP contribution in [0.15, 0.2) is 24.4 Å². The molecule has 0 saturated heterocycles. The van der Waals surface area contributed by atoms with Crippen LogP contribution in [0.2, 0.25) is 0 Å². The van der Waals surface area contributed by atoms with Gasteiger partial charge in [-0.3, -0.25) is 4.68 Å². The number of rotatable bonds is 3. The molecule has 0 amide bonds. The highest BCUT2D eigenvalue weighted by Gasteiger charge is 2.33. The fourth-order valence-electron chi connectivity index (χ4n) is 1.59. The van der Waals surface area contributed by atoms with Gasteiger partial charge in [-0.05, 0) is 18.2 Å². The lowest BCUT2D eigenvalue weighted by atomic mass is 10.2. The van der Waals surface area contributed by atoms with Crippen molar-refractivity contribution in [1.29, 1.82) is 5.26 Å². The van der Waals surface area contributed by atoms with Crippen molar-refractivity contribution in [2.75, 3.05) is 5.32 Å². The van der Waals surface area contributed by atoms with Crippen molar-refractivity contribution >= 4 is 5.82 Å². The van der Waals surface area contributed by atoms with Crippen LogP contribution in [0.3, 0.4) is 0 Å². The molecule has 0 aromatic carbocycles. The average molecular weight is 281 g/mol. The maximum Gasteiger partial charge on any atom is 0.433 e. The second-order valence-electron chi connectivity index (χ2n) is 4.00. The fraction of sp³-hybridized carbons (Fsp3) is 0.250. The van der Waals surface area contributed by atoms with E-state index in [1.54, 1.807) is 30.1 Å². The number of aryl methyl sites for hydroxylation is 1. The van der Waals surface area contributed by atoms with Crippen molar-refractivity contribution < 1.29 is 13.2 Å². The number of anilines is 1. The highest BCUT2D eigenvalue weighted by Crippen LogP contribution is 2.29. The van der Waals surface area contributed by atoms with Gasteiger partial charge in [0.05, 0.1) is 17.8 Å². The molecule has 5 nitrogen and oxygen atoms in total. The summed E-state index contributed by atoms with van der Waals surface area (Å²) >= 11 is 0. The summed E-state index contributed by atoms with van der Waals surface area (Å²) < 4.78 is 39.4. The number of halogens is 3. The zero-order chi connectivity index (χ0) is 14.8. The molecule has 2 aromatic heterocycles. The largest absolute Gasteiger partial charge is 0.433 e. The lowest BCUT2D eigenvalue weighted by Gasteiger charge is -2.11. The van der Waals surface area contributed by atoms with E-state index in [-0.39, 0.29) is 17.9 Å². The van der Waals surface area contributed by atoms with Gasteiger partial charge >= 0.3 is 6.18 Å². The number of nitrogens with one attached hydrogen (secondary N) is 1. The van der Waals surface area contributed by atoms with Crippen LogP contribution in [0.5, 0.6) is 0 Å². The monoisotopic (exact) mass is 281 g/mol. The zero-order valence-corrected chi connectivity index (χ0v) is 10.4. The molecule has 0 spiro atoms. The number of alkyl halides is 3. The quantitative estimate of drug-likeness (QED) is 0.937. The minimum Gasteiger partial charge on any atom is -0.363 e. The number of hydrogen-bond donors (Lipinski definition) is 1. The first kappa shape index (κ1) is 13.9. The minimum atomic E-state index is -4.54. The summed E-state index contributed by atoms with van der Waals surface area (Å²) in [5.74, 6) is -0.0940. The molecule has 20 heavy (non-hydrogen) atoms. The molecule has 0 bridgehead atoms. The average Bonchev–Trinajstić information content (AvgIpc) is 2.80. The van der Waals surface area contributed by atoms with Crippen molar-refractivity contribution in [3.8, 4) is 6.07 Å². The highest BCUT2D eigenvalue weighted by atomic mass is 19.4. The number of hydrogen-bond acceptors (Lipinski definition) is 4. The summed E-state index contributed by atoms with van der Waals surface area (Å²) in [5, 5.41) is 15.6. The molecule has 2 heterocycles. The first-order valence-corrected chi connectivity index (χ1v) is 5.61. The standard InChI is InChI=1S/C12H10F3N5/c1-20-9(4-5-18-20)7-17-11-8(6-16)2-3-10(19-11)12(13,14)15/h2-5H,7H2,1H3,(H,17,19). The molecule has 1 N–H and O–H groups in total. The maximum absolute atomic E-state index is 12.6. The second-order valence-corrected chi connectivity index (χ2v) is 4.00. The third-order valence-corrected chi connectivity index (χ3v) is 2.67. The van der Waals surface area contributed by atoms with E-state index in [4.69, 9.17) is 5.26 Å². The number of nitriles is 1. The lowest BCUT2D eigenvalue weighted by molar-refractivity contribution is -0.141. The normalized spacial score (nSPS) is 11.2. The molecule has 0 unspecified atom stereocenters. The maximum atomic E-state index is 12.6. The Labute approximate surface area is 112 Å². The predicted molar refractivity (Wildman–Crippen MR) is 64.5 cm³/mol. The van der Waals surface area contributed by atoms with Crippen LogP contribution >= 0.6 is 0 Å². The summed E-state index contributed by atoms with van der Waals surface area (Å²) in [4.78, 5) is 3.46. The van der Waals surface area contributed by atoms with Gasteiger partial charge in [0, 0.05) is 13.2 Å². The van der Waals surface area contributed by atoms with Gasteiger partial charge in [-0.25, -0.2) is 4.98 Å². The smallest absolute Gasteiger partial charge is 0.363 e. The Morgan fingerprint density at radius 2 is 2.10 bits per heavy atom. The van der Waals surface area contributed by atoms with Gasteiger partial charge < -0.3 is 5.32 Å². The summed E-state index contributed by atoms with van der Waals surface area (Å²) in [6.07, 6.45) is -2.97. The van der Waals surface area contributed by atoms with Gasteiger partial charge in [0.25, 0.3) is 0 Å². The molecule has 0 fully saturated rings. The van der Waals surface area contributed by atoms with Crippen molar-refractivity contribution in [2.45, 2.75) is 12.7 Å². The molecule has 0 radical (unpaired) electrons. The Bertz CT molecular complexity index is 654. The third kappa shape index (κ3) is 2.88. The number of pyridine rings is 1.